The van der Waals surface area contributed by atoms with Crippen LogP contribution in [0.5, 0.6) is 5.75 Å². The molecule has 4 saturated carbocycles. The molecular weight excluding hydrogens is 374 g/mol. The molecule has 1 atom stereocenters. The van der Waals surface area contributed by atoms with Crippen LogP contribution in [0.2, 0.25) is 0 Å². The van der Waals surface area contributed by atoms with Gasteiger partial charge in [-0.3, -0.25) is 4.79 Å². The molecule has 0 heterocycles. The lowest BCUT2D eigenvalue weighted by atomic mass is 9.53. The summed E-state index contributed by atoms with van der Waals surface area (Å²) >= 11 is 0. The standard InChI is InChI=1S/C25H33N3O2/c1-4-30-23-6-5-16(2)7-22(23)17(3)28-24(29)21(14-26)15-27-25-11-18-8-19(12-25)10-20(9-18)13-25/h5-7,15,17-20,27H,4,8-13H2,1-3H3,(H,28,29)/b21-15-. The summed E-state index contributed by atoms with van der Waals surface area (Å²) in [6.07, 6.45) is 9.30. The molecule has 160 valence electrons. The first kappa shape index (κ1) is 20.8. The maximum atomic E-state index is 12.8. The minimum Gasteiger partial charge on any atom is -0.494 e. The van der Waals surface area contributed by atoms with Gasteiger partial charge in [-0.2, -0.15) is 5.26 Å². The van der Waals surface area contributed by atoms with Gasteiger partial charge in [0, 0.05) is 17.3 Å². The fourth-order valence-corrected chi connectivity index (χ4v) is 6.31. The van der Waals surface area contributed by atoms with E-state index in [1.54, 1.807) is 6.20 Å². The van der Waals surface area contributed by atoms with Crippen LogP contribution in [0, 0.1) is 36.0 Å². The molecule has 30 heavy (non-hydrogen) atoms. The fourth-order valence-electron chi connectivity index (χ4n) is 6.31. The van der Waals surface area contributed by atoms with Crippen molar-refractivity contribution in [2.45, 2.75) is 70.9 Å². The Morgan fingerprint density at radius 2 is 1.90 bits per heavy atom. The normalized spacial score (nSPS) is 30.5. The van der Waals surface area contributed by atoms with Crippen LogP contribution >= 0.6 is 0 Å². The van der Waals surface area contributed by atoms with Gasteiger partial charge >= 0.3 is 0 Å². The molecule has 5 rings (SSSR count). The summed E-state index contributed by atoms with van der Waals surface area (Å²) in [7, 11) is 0. The Kier molecular flexibility index (Phi) is 5.77. The molecule has 0 radical (unpaired) electrons. The maximum absolute atomic E-state index is 12.8. The van der Waals surface area contributed by atoms with Crippen molar-refractivity contribution < 1.29 is 9.53 Å². The molecule has 0 spiro atoms. The van der Waals surface area contributed by atoms with Crippen molar-refractivity contribution in [2.75, 3.05) is 6.61 Å². The highest BCUT2D eigenvalue weighted by atomic mass is 16.5. The lowest BCUT2D eigenvalue weighted by Crippen LogP contribution is -2.57. The Labute approximate surface area is 179 Å². The Balaban J connectivity index is 1.45. The van der Waals surface area contributed by atoms with Crippen molar-refractivity contribution >= 4 is 5.91 Å². The summed E-state index contributed by atoms with van der Waals surface area (Å²) in [5.74, 6) is 2.87. The molecule has 0 aromatic heterocycles. The average Bonchev–Trinajstić information content (AvgIpc) is 2.68. The van der Waals surface area contributed by atoms with E-state index in [0.29, 0.717) is 6.61 Å². The van der Waals surface area contributed by atoms with Crippen LogP contribution in [0.25, 0.3) is 0 Å². The Morgan fingerprint density at radius 3 is 2.47 bits per heavy atom. The number of nitrogens with one attached hydrogen (secondary N) is 2. The molecule has 1 unspecified atom stereocenters. The van der Waals surface area contributed by atoms with Crippen molar-refractivity contribution in [1.29, 1.82) is 5.26 Å². The van der Waals surface area contributed by atoms with Gasteiger partial charge in [0.15, 0.2) is 0 Å². The first-order valence-electron chi connectivity index (χ1n) is 11.3. The third-order valence-electron chi connectivity index (χ3n) is 7.21. The molecule has 4 fully saturated rings. The number of amides is 1. The monoisotopic (exact) mass is 407 g/mol. The molecule has 2 N–H and O–H groups in total. The van der Waals surface area contributed by atoms with E-state index in [-0.39, 0.29) is 23.1 Å². The Bertz CT molecular complexity index is 848. The van der Waals surface area contributed by atoms with Gasteiger partial charge in [0.25, 0.3) is 5.91 Å². The van der Waals surface area contributed by atoms with Crippen LogP contribution in [-0.2, 0) is 4.79 Å². The van der Waals surface area contributed by atoms with E-state index in [1.165, 1.54) is 38.5 Å². The highest BCUT2D eigenvalue weighted by molar-refractivity contribution is 5.97. The van der Waals surface area contributed by atoms with E-state index >= 15 is 0 Å². The predicted octanol–water partition coefficient (Wildman–Crippen LogP) is 4.54. The number of carbonyl (C=O) groups excluding carboxylic acids is 1. The molecular formula is C25H33N3O2. The van der Waals surface area contributed by atoms with E-state index in [9.17, 15) is 10.1 Å². The maximum Gasteiger partial charge on any atom is 0.263 e. The second-order valence-electron chi connectivity index (χ2n) is 9.68. The number of hydrogen-bond donors (Lipinski definition) is 2. The number of benzene rings is 1. The fraction of sp³-hybridized carbons (Fsp3) is 0.600. The highest BCUT2D eigenvalue weighted by Gasteiger charge is 2.50. The molecule has 1 amide bonds. The first-order chi connectivity index (χ1) is 14.4. The zero-order valence-electron chi connectivity index (χ0n) is 18.3. The zero-order chi connectivity index (χ0) is 21.3. The van der Waals surface area contributed by atoms with Gasteiger partial charge in [-0.15, -0.1) is 0 Å². The largest absolute Gasteiger partial charge is 0.494 e. The van der Waals surface area contributed by atoms with Gasteiger partial charge in [-0.25, -0.2) is 0 Å². The van der Waals surface area contributed by atoms with Gasteiger partial charge < -0.3 is 15.4 Å². The van der Waals surface area contributed by atoms with E-state index in [4.69, 9.17) is 4.74 Å². The molecule has 4 aliphatic rings. The predicted molar refractivity (Wildman–Crippen MR) is 117 cm³/mol. The first-order valence-corrected chi connectivity index (χ1v) is 11.3. The van der Waals surface area contributed by atoms with E-state index in [2.05, 4.69) is 16.7 Å². The van der Waals surface area contributed by atoms with Crippen LogP contribution in [0.3, 0.4) is 0 Å². The van der Waals surface area contributed by atoms with Crippen LogP contribution in [0.1, 0.15) is 69.5 Å². The molecule has 4 aliphatic carbocycles. The Hall–Kier alpha value is -2.48. The quantitative estimate of drug-likeness (QED) is 0.514. The summed E-state index contributed by atoms with van der Waals surface area (Å²) in [6, 6.07) is 7.81. The number of aryl methyl sites for hydroxylation is 1. The number of nitrogens with zero attached hydrogens (tertiary/aromatic N) is 1. The highest BCUT2D eigenvalue weighted by Crippen LogP contribution is 2.55. The molecule has 0 aliphatic heterocycles. The van der Waals surface area contributed by atoms with E-state index in [1.807, 2.05) is 39.0 Å². The van der Waals surface area contributed by atoms with Gasteiger partial charge in [0.05, 0.1) is 12.6 Å². The molecule has 1 aromatic rings. The second kappa shape index (κ2) is 8.34. The lowest BCUT2D eigenvalue weighted by Gasteiger charge is -2.56. The smallest absolute Gasteiger partial charge is 0.263 e. The van der Waals surface area contributed by atoms with Crippen molar-refractivity contribution in [1.82, 2.24) is 10.6 Å². The topological polar surface area (TPSA) is 74.1 Å². The van der Waals surface area contributed by atoms with E-state index in [0.717, 1.165) is 34.6 Å². The Morgan fingerprint density at radius 1 is 1.27 bits per heavy atom. The van der Waals surface area contributed by atoms with Crippen molar-refractivity contribution in [2.24, 2.45) is 17.8 Å². The molecule has 4 bridgehead atoms. The van der Waals surface area contributed by atoms with Gasteiger partial charge in [-0.05, 0) is 83.1 Å². The van der Waals surface area contributed by atoms with Crippen LogP contribution < -0.4 is 15.4 Å². The summed E-state index contributed by atoms with van der Waals surface area (Å²) in [5.41, 5.74) is 2.26. The third kappa shape index (κ3) is 4.19. The second-order valence-corrected chi connectivity index (χ2v) is 9.68. The van der Waals surface area contributed by atoms with Crippen LogP contribution in [0.4, 0.5) is 0 Å². The molecule has 0 saturated heterocycles. The van der Waals surface area contributed by atoms with Gasteiger partial charge in [0.2, 0.25) is 0 Å². The molecule has 1 aromatic carbocycles. The van der Waals surface area contributed by atoms with Crippen molar-refractivity contribution in [3.05, 3.63) is 41.1 Å². The average molecular weight is 408 g/mol. The minimum absolute atomic E-state index is 0.0847. The summed E-state index contributed by atoms with van der Waals surface area (Å²) in [5, 5.41) is 16.2. The lowest BCUT2D eigenvalue weighted by molar-refractivity contribution is -0.117. The number of rotatable bonds is 7. The summed E-state index contributed by atoms with van der Waals surface area (Å²) in [4.78, 5) is 12.8. The van der Waals surface area contributed by atoms with Gasteiger partial charge in [-0.1, -0.05) is 17.7 Å². The summed E-state index contributed by atoms with van der Waals surface area (Å²) < 4.78 is 5.72. The number of ether oxygens (including phenoxy) is 1. The number of carbonyl (C=O) groups is 1. The van der Waals surface area contributed by atoms with Crippen LogP contribution in [0.15, 0.2) is 30.0 Å². The van der Waals surface area contributed by atoms with E-state index < -0.39 is 0 Å². The molecule has 5 nitrogen and oxygen atoms in total. The van der Waals surface area contributed by atoms with Crippen molar-refractivity contribution in [3.63, 3.8) is 0 Å². The van der Waals surface area contributed by atoms with Crippen molar-refractivity contribution in [3.8, 4) is 11.8 Å². The number of nitriles is 1. The minimum atomic E-state index is -0.341. The SMILES string of the molecule is CCOc1ccc(C)cc1C(C)NC(=O)/C(C#N)=C\NC12CC3CC(CC(C3)C1)C2. The summed E-state index contributed by atoms with van der Waals surface area (Å²) in [6.45, 7) is 6.45. The molecule has 5 heteroatoms. The zero-order valence-corrected chi connectivity index (χ0v) is 18.3. The number of hydrogen-bond acceptors (Lipinski definition) is 4. The van der Waals surface area contributed by atoms with Crippen LogP contribution in [-0.4, -0.2) is 18.1 Å². The van der Waals surface area contributed by atoms with Gasteiger partial charge in [0.1, 0.15) is 17.4 Å². The third-order valence-corrected chi connectivity index (χ3v) is 7.21.